The van der Waals surface area contributed by atoms with Gasteiger partial charge in [0.25, 0.3) is 0 Å². The quantitative estimate of drug-likeness (QED) is 0.915. The van der Waals surface area contributed by atoms with Gasteiger partial charge in [-0.25, -0.2) is 4.39 Å². The summed E-state index contributed by atoms with van der Waals surface area (Å²) in [6.07, 6.45) is 1.63. The van der Waals surface area contributed by atoms with E-state index in [1.54, 1.807) is 18.3 Å². The highest BCUT2D eigenvalue weighted by Crippen LogP contribution is 2.26. The molecular weight excluding hydrogens is 287 g/mol. The molecule has 0 aliphatic carbocycles. The summed E-state index contributed by atoms with van der Waals surface area (Å²) in [7, 11) is 0. The van der Waals surface area contributed by atoms with Crippen molar-refractivity contribution in [3.05, 3.63) is 45.9 Å². The third-order valence-corrected chi connectivity index (χ3v) is 3.01. The summed E-state index contributed by atoms with van der Waals surface area (Å²) in [6.45, 7) is 0.440. The minimum atomic E-state index is -0.469. The van der Waals surface area contributed by atoms with Crippen molar-refractivity contribution >= 4 is 21.6 Å². The van der Waals surface area contributed by atoms with Crippen LogP contribution < -0.4 is 5.32 Å². The maximum Gasteiger partial charge on any atom is 0.161 e. The Balaban J connectivity index is 2.17. The Kier molecular flexibility index (Phi) is 3.40. The molecule has 17 heavy (non-hydrogen) atoms. The van der Waals surface area contributed by atoms with E-state index in [4.69, 9.17) is 5.26 Å². The maximum atomic E-state index is 13.8. The van der Waals surface area contributed by atoms with Crippen LogP contribution in [0, 0.1) is 17.1 Å². The van der Waals surface area contributed by atoms with Crippen LogP contribution in [0.25, 0.3) is 0 Å². The van der Waals surface area contributed by atoms with Crippen LogP contribution in [0.2, 0.25) is 0 Å². The first kappa shape index (κ1) is 11.6. The largest absolute Gasteiger partial charge is 0.377 e. The van der Waals surface area contributed by atoms with E-state index in [0.717, 1.165) is 5.69 Å². The zero-order valence-corrected chi connectivity index (χ0v) is 10.3. The Hall–Kier alpha value is -1.87. The molecule has 0 atom stereocenters. The van der Waals surface area contributed by atoms with Crippen LogP contribution in [0.3, 0.4) is 0 Å². The molecule has 2 rings (SSSR count). The predicted octanol–water partition coefficient (Wildman–Crippen LogP) is 2.80. The minimum absolute atomic E-state index is 0.176. The van der Waals surface area contributed by atoms with Crippen LogP contribution in [0.5, 0.6) is 0 Å². The van der Waals surface area contributed by atoms with Gasteiger partial charge in [-0.3, -0.25) is 5.10 Å². The SMILES string of the molecule is N#Cc1ccc(NCc2ccn[nH]2)c(F)c1Br. The van der Waals surface area contributed by atoms with E-state index in [2.05, 4.69) is 31.4 Å². The summed E-state index contributed by atoms with van der Waals surface area (Å²) in [4.78, 5) is 0. The van der Waals surface area contributed by atoms with Gasteiger partial charge in [0, 0.05) is 6.20 Å². The molecule has 0 radical (unpaired) electrons. The fourth-order valence-electron chi connectivity index (χ4n) is 1.35. The monoisotopic (exact) mass is 294 g/mol. The van der Waals surface area contributed by atoms with Crippen LogP contribution in [-0.2, 0) is 6.54 Å². The second-order valence-corrected chi connectivity index (χ2v) is 4.13. The number of anilines is 1. The Bertz CT molecular complexity index is 560. The fraction of sp³-hybridized carbons (Fsp3) is 0.0909. The topological polar surface area (TPSA) is 64.5 Å². The van der Waals surface area contributed by atoms with Crippen LogP contribution >= 0.6 is 15.9 Å². The number of aromatic amines is 1. The van der Waals surface area contributed by atoms with Gasteiger partial charge in [0.15, 0.2) is 5.82 Å². The second-order valence-electron chi connectivity index (χ2n) is 3.34. The third kappa shape index (κ3) is 2.45. The summed E-state index contributed by atoms with van der Waals surface area (Å²) in [6, 6.07) is 6.79. The molecule has 0 amide bonds. The molecule has 1 aromatic heterocycles. The standard InChI is InChI=1S/C11H8BrFN4/c12-10-7(5-14)1-2-9(11(10)13)15-6-8-3-4-16-17-8/h1-4,15H,6H2,(H,16,17). The molecule has 0 aliphatic heterocycles. The maximum absolute atomic E-state index is 13.8. The molecule has 0 bridgehead atoms. The first-order valence-corrected chi connectivity index (χ1v) is 5.62. The number of hydrogen-bond acceptors (Lipinski definition) is 3. The van der Waals surface area contributed by atoms with Gasteiger partial charge in [0.2, 0.25) is 0 Å². The molecule has 4 nitrogen and oxygen atoms in total. The van der Waals surface area contributed by atoms with Crippen LogP contribution in [0.1, 0.15) is 11.3 Å². The van der Waals surface area contributed by atoms with Crippen molar-refractivity contribution < 1.29 is 4.39 Å². The number of H-pyrrole nitrogens is 1. The Morgan fingerprint density at radius 2 is 2.29 bits per heavy atom. The van der Waals surface area contributed by atoms with Gasteiger partial charge in [-0.1, -0.05) is 0 Å². The number of benzene rings is 1. The number of halogens is 2. The molecule has 0 fully saturated rings. The number of nitrogens with zero attached hydrogens (tertiary/aromatic N) is 2. The lowest BCUT2D eigenvalue weighted by Gasteiger charge is -2.08. The van der Waals surface area contributed by atoms with Crippen LogP contribution in [0.4, 0.5) is 10.1 Å². The highest BCUT2D eigenvalue weighted by molar-refractivity contribution is 9.10. The van der Waals surface area contributed by atoms with Gasteiger partial charge >= 0.3 is 0 Å². The average molecular weight is 295 g/mol. The molecule has 86 valence electrons. The second kappa shape index (κ2) is 4.97. The molecule has 0 unspecified atom stereocenters. The zero-order chi connectivity index (χ0) is 12.3. The first-order valence-electron chi connectivity index (χ1n) is 4.82. The van der Waals surface area contributed by atoms with Crippen molar-refractivity contribution in [1.82, 2.24) is 10.2 Å². The van der Waals surface area contributed by atoms with E-state index < -0.39 is 5.82 Å². The van der Waals surface area contributed by atoms with Crippen molar-refractivity contribution in [2.24, 2.45) is 0 Å². The molecule has 1 heterocycles. The highest BCUT2D eigenvalue weighted by Gasteiger charge is 2.10. The summed E-state index contributed by atoms with van der Waals surface area (Å²) in [5.41, 5.74) is 1.46. The Morgan fingerprint density at radius 1 is 1.47 bits per heavy atom. The molecule has 2 aromatic rings. The zero-order valence-electron chi connectivity index (χ0n) is 8.67. The summed E-state index contributed by atoms with van der Waals surface area (Å²) in [5, 5.41) is 18.2. The van der Waals surface area contributed by atoms with Gasteiger partial charge in [-0.05, 0) is 34.1 Å². The summed E-state index contributed by atoms with van der Waals surface area (Å²) < 4.78 is 14.0. The summed E-state index contributed by atoms with van der Waals surface area (Å²) >= 11 is 3.05. The predicted molar refractivity (Wildman–Crippen MR) is 64.7 cm³/mol. The number of rotatable bonds is 3. The number of hydrogen-bond donors (Lipinski definition) is 2. The molecule has 6 heteroatoms. The lowest BCUT2D eigenvalue weighted by Crippen LogP contribution is -2.02. The molecule has 0 spiro atoms. The van der Waals surface area contributed by atoms with Crippen LogP contribution in [0.15, 0.2) is 28.9 Å². The molecule has 0 saturated carbocycles. The van der Waals surface area contributed by atoms with Crippen molar-refractivity contribution in [3.8, 4) is 6.07 Å². The molecule has 0 saturated heterocycles. The van der Waals surface area contributed by atoms with Gasteiger partial charge in [0.05, 0.1) is 28.0 Å². The minimum Gasteiger partial charge on any atom is -0.377 e. The van der Waals surface area contributed by atoms with E-state index in [0.29, 0.717) is 12.2 Å². The van der Waals surface area contributed by atoms with Crippen molar-refractivity contribution in [3.63, 3.8) is 0 Å². The Labute approximate surface area is 106 Å². The molecular formula is C11H8BrFN4. The van der Waals surface area contributed by atoms with E-state index in [1.165, 1.54) is 6.07 Å². The lowest BCUT2D eigenvalue weighted by atomic mass is 10.2. The van der Waals surface area contributed by atoms with Crippen LogP contribution in [-0.4, -0.2) is 10.2 Å². The van der Waals surface area contributed by atoms with Crippen molar-refractivity contribution in [1.29, 1.82) is 5.26 Å². The normalized spacial score (nSPS) is 9.94. The van der Waals surface area contributed by atoms with Gasteiger partial charge < -0.3 is 5.32 Å². The third-order valence-electron chi connectivity index (χ3n) is 2.23. The number of nitrogens with one attached hydrogen (secondary N) is 2. The van der Waals surface area contributed by atoms with Gasteiger partial charge in [0.1, 0.15) is 6.07 Å². The van der Waals surface area contributed by atoms with Gasteiger partial charge in [-0.15, -0.1) is 0 Å². The lowest BCUT2D eigenvalue weighted by molar-refractivity contribution is 0.622. The van der Waals surface area contributed by atoms with E-state index in [-0.39, 0.29) is 10.0 Å². The van der Waals surface area contributed by atoms with Crippen molar-refractivity contribution in [2.45, 2.75) is 6.54 Å². The first-order chi connectivity index (χ1) is 8.22. The average Bonchev–Trinajstić information content (AvgIpc) is 2.84. The van der Waals surface area contributed by atoms with Crippen molar-refractivity contribution in [2.75, 3.05) is 5.32 Å². The number of nitriles is 1. The number of aromatic nitrogens is 2. The molecule has 2 N–H and O–H groups in total. The van der Waals surface area contributed by atoms with E-state index >= 15 is 0 Å². The fourth-order valence-corrected chi connectivity index (χ4v) is 1.78. The molecule has 1 aromatic carbocycles. The molecule has 0 aliphatic rings. The van der Waals surface area contributed by atoms with Gasteiger partial charge in [-0.2, -0.15) is 10.4 Å². The van der Waals surface area contributed by atoms with E-state index in [9.17, 15) is 4.39 Å². The smallest absolute Gasteiger partial charge is 0.161 e. The summed E-state index contributed by atoms with van der Waals surface area (Å²) in [5.74, 6) is -0.469. The van der Waals surface area contributed by atoms with E-state index in [1.807, 2.05) is 6.07 Å². The Morgan fingerprint density at radius 3 is 2.94 bits per heavy atom. The highest BCUT2D eigenvalue weighted by atomic mass is 79.9.